The minimum Gasteiger partial charge on any atom is -0.390 e. The highest BCUT2D eigenvalue weighted by atomic mass is 16.5. The van der Waals surface area contributed by atoms with Crippen LogP contribution < -0.4 is 17.2 Å². The first-order chi connectivity index (χ1) is 16.9. The summed E-state index contributed by atoms with van der Waals surface area (Å²) in [6, 6.07) is 0. The Bertz CT molecular complexity index is 636. The number of nitrogens with two attached hydrogens (primary N) is 3. The summed E-state index contributed by atoms with van der Waals surface area (Å²) in [5, 5.41) is 10.8. The maximum Gasteiger partial charge on any atom is 0.0632 e. The number of aliphatic hydroxyl groups is 1. The Labute approximate surface area is 244 Å². The molecule has 0 aromatic rings. The summed E-state index contributed by atoms with van der Waals surface area (Å²) in [6.07, 6.45) is 3.30. The topological polar surface area (TPSA) is 117 Å². The Balaban J connectivity index is 0. The van der Waals surface area contributed by atoms with Gasteiger partial charge in [-0.05, 0) is 126 Å². The van der Waals surface area contributed by atoms with E-state index in [-0.39, 0.29) is 45.1 Å². The van der Waals surface area contributed by atoms with E-state index < -0.39 is 5.60 Å². The molecule has 0 rings (SSSR count). The lowest BCUT2D eigenvalue weighted by Gasteiger charge is -2.47. The molecule has 0 amide bonds. The Morgan fingerprint density at radius 2 is 0.846 bits per heavy atom. The van der Waals surface area contributed by atoms with Gasteiger partial charge in [0.2, 0.25) is 0 Å². The summed E-state index contributed by atoms with van der Waals surface area (Å²) in [7, 11) is 0. The highest BCUT2D eigenvalue weighted by Crippen LogP contribution is 2.47. The van der Waals surface area contributed by atoms with Crippen molar-refractivity contribution in [1.29, 1.82) is 0 Å². The molecule has 0 aromatic heterocycles. The minimum atomic E-state index is -0.777. The van der Waals surface area contributed by atoms with Gasteiger partial charge in [0.1, 0.15) is 0 Å². The van der Waals surface area contributed by atoms with Crippen molar-refractivity contribution in [1.82, 2.24) is 0 Å². The van der Waals surface area contributed by atoms with E-state index >= 15 is 0 Å². The third-order valence-electron chi connectivity index (χ3n) is 8.64. The second kappa shape index (κ2) is 14.8. The molecule has 2 unspecified atom stereocenters. The van der Waals surface area contributed by atoms with Crippen LogP contribution >= 0.6 is 0 Å². The summed E-state index contributed by atoms with van der Waals surface area (Å²) in [5.41, 5.74) is 16.1. The van der Waals surface area contributed by atoms with Crippen LogP contribution in [0.4, 0.5) is 0 Å². The lowest BCUT2D eigenvalue weighted by molar-refractivity contribution is -0.119. The first-order valence-electron chi connectivity index (χ1n) is 15.2. The lowest BCUT2D eigenvalue weighted by atomic mass is 9.65. The smallest absolute Gasteiger partial charge is 0.0632 e. The molecule has 39 heavy (non-hydrogen) atoms. The van der Waals surface area contributed by atoms with Crippen molar-refractivity contribution in [3.05, 3.63) is 0 Å². The quantitative estimate of drug-likeness (QED) is 0.161. The molecule has 0 saturated heterocycles. The summed E-state index contributed by atoms with van der Waals surface area (Å²) in [5.74, 6) is 1.06. The van der Waals surface area contributed by atoms with Gasteiger partial charge in [-0.25, -0.2) is 0 Å². The van der Waals surface area contributed by atoms with Gasteiger partial charge in [0.15, 0.2) is 0 Å². The number of hydrogen-bond acceptors (Lipinski definition) is 6. The van der Waals surface area contributed by atoms with E-state index in [0.29, 0.717) is 25.6 Å². The molecular weight excluding hydrogens is 486 g/mol. The molecule has 0 radical (unpaired) electrons. The van der Waals surface area contributed by atoms with Crippen LogP contribution in [0.5, 0.6) is 0 Å². The zero-order valence-corrected chi connectivity index (χ0v) is 29.5. The monoisotopic (exact) mass is 560 g/mol. The van der Waals surface area contributed by atoms with Crippen LogP contribution in [0.3, 0.4) is 0 Å². The van der Waals surface area contributed by atoms with Crippen LogP contribution in [0, 0.1) is 23.2 Å². The second-order valence-corrected chi connectivity index (χ2v) is 16.8. The fourth-order valence-electron chi connectivity index (χ4n) is 4.52. The Kier molecular flexibility index (Phi) is 15.5. The molecule has 6 nitrogen and oxygen atoms in total. The van der Waals surface area contributed by atoms with Gasteiger partial charge in [-0.2, -0.15) is 0 Å². The van der Waals surface area contributed by atoms with Crippen LogP contribution in [0.2, 0.25) is 0 Å². The van der Waals surface area contributed by atoms with Crippen LogP contribution in [0.1, 0.15) is 143 Å². The molecule has 0 aliphatic carbocycles. The van der Waals surface area contributed by atoms with E-state index in [9.17, 15) is 5.11 Å². The zero-order chi connectivity index (χ0) is 31.9. The molecule has 0 aliphatic heterocycles. The van der Waals surface area contributed by atoms with E-state index in [2.05, 4.69) is 62.3 Å². The van der Waals surface area contributed by atoms with Crippen LogP contribution in [-0.4, -0.2) is 51.7 Å². The maximum atomic E-state index is 10.8. The molecule has 0 saturated carbocycles. The Morgan fingerprint density at radius 1 is 0.564 bits per heavy atom. The van der Waals surface area contributed by atoms with Gasteiger partial charge in [0.25, 0.3) is 0 Å². The van der Waals surface area contributed by atoms with Gasteiger partial charge in [0.05, 0.1) is 30.0 Å². The molecule has 0 spiro atoms. The minimum absolute atomic E-state index is 0. The molecule has 0 bridgehead atoms. The second-order valence-electron chi connectivity index (χ2n) is 16.8. The van der Waals surface area contributed by atoms with E-state index in [1.807, 2.05) is 55.4 Å². The summed E-state index contributed by atoms with van der Waals surface area (Å²) in [6.45, 7) is 36.6. The predicted molar refractivity (Wildman–Crippen MR) is 171 cm³/mol. The van der Waals surface area contributed by atoms with Gasteiger partial charge in [-0.15, -0.1) is 0 Å². The number of rotatable bonds is 16. The first kappa shape index (κ1) is 40.9. The van der Waals surface area contributed by atoms with Crippen molar-refractivity contribution in [3.63, 3.8) is 0 Å². The summed E-state index contributed by atoms with van der Waals surface area (Å²) >= 11 is 0. The van der Waals surface area contributed by atoms with Crippen molar-refractivity contribution >= 4 is 0 Å². The van der Waals surface area contributed by atoms with Crippen molar-refractivity contribution in [2.45, 2.75) is 177 Å². The maximum absolute atomic E-state index is 10.8. The largest absolute Gasteiger partial charge is 0.390 e. The van der Waals surface area contributed by atoms with E-state index in [1.54, 1.807) is 0 Å². The van der Waals surface area contributed by atoms with E-state index in [4.69, 9.17) is 26.7 Å². The van der Waals surface area contributed by atoms with Gasteiger partial charge >= 0.3 is 0 Å². The highest BCUT2D eigenvalue weighted by molar-refractivity contribution is 4.95. The van der Waals surface area contributed by atoms with Crippen LogP contribution in [-0.2, 0) is 9.47 Å². The average molecular weight is 560 g/mol. The van der Waals surface area contributed by atoms with Crippen molar-refractivity contribution in [2.75, 3.05) is 13.2 Å². The standard InChI is InChI=1S/C27H58N2O3.C6H15N/c1-14-27(17-22(4,5)30,18-23(6,7)31-15-20(2)25(10,11)28)19-24(8,9)32-16-21(3)26(12,13)29;1-5(2)6(3,4)7/h20-21,30H,14-19,28-29H2,1-13H3;5H,7H2,1-4H3. The predicted octanol–water partition coefficient (Wildman–Crippen LogP) is 7.04. The number of ether oxygens (including phenoxy) is 2. The Morgan fingerprint density at radius 3 is 1.03 bits per heavy atom. The third-order valence-corrected chi connectivity index (χ3v) is 8.64. The average Bonchev–Trinajstić information content (AvgIpc) is 2.66. The van der Waals surface area contributed by atoms with E-state index in [0.717, 1.165) is 19.3 Å². The molecule has 6 heteroatoms. The van der Waals surface area contributed by atoms with Crippen molar-refractivity contribution < 1.29 is 14.6 Å². The Hall–Kier alpha value is -0.240. The number of hydrogen-bond donors (Lipinski definition) is 4. The van der Waals surface area contributed by atoms with Gasteiger partial charge < -0.3 is 31.8 Å². The highest BCUT2D eigenvalue weighted by Gasteiger charge is 2.43. The molecule has 7 N–H and O–H groups in total. The summed E-state index contributed by atoms with van der Waals surface area (Å²) < 4.78 is 12.9. The molecule has 0 aliphatic rings. The SMILES string of the molecule is CC(C)C(C)(C)N.CCC(CC(C)(C)O)(CC(C)(C)OCC(C)C(C)(C)N)CC(C)(C)OCC(C)C(C)(C)N. The molecular formula is C33H73N3O3. The fourth-order valence-corrected chi connectivity index (χ4v) is 4.52. The van der Waals surface area contributed by atoms with Crippen LogP contribution in [0.25, 0.3) is 0 Å². The lowest BCUT2D eigenvalue weighted by Crippen LogP contribution is -2.47. The van der Waals surface area contributed by atoms with Crippen molar-refractivity contribution in [2.24, 2.45) is 40.4 Å². The summed E-state index contributed by atoms with van der Waals surface area (Å²) in [4.78, 5) is 0. The first-order valence-corrected chi connectivity index (χ1v) is 15.2. The zero-order valence-electron chi connectivity index (χ0n) is 29.5. The van der Waals surface area contributed by atoms with Crippen molar-refractivity contribution in [3.8, 4) is 0 Å². The molecule has 0 fully saturated rings. The molecule has 0 heterocycles. The van der Waals surface area contributed by atoms with Crippen LogP contribution in [0.15, 0.2) is 0 Å². The normalized spacial score (nSPS) is 17.4. The van der Waals surface area contributed by atoms with E-state index in [1.165, 1.54) is 0 Å². The molecule has 0 aromatic carbocycles. The molecule has 2 atom stereocenters. The van der Waals surface area contributed by atoms with Gasteiger partial charge in [-0.1, -0.05) is 41.0 Å². The van der Waals surface area contributed by atoms with Gasteiger partial charge in [0, 0.05) is 16.6 Å². The fraction of sp³-hybridized carbons (Fsp3) is 1.00. The third kappa shape index (κ3) is 18.7. The van der Waals surface area contributed by atoms with Gasteiger partial charge in [-0.3, -0.25) is 0 Å². The molecule has 238 valence electrons.